The Bertz CT molecular complexity index is 210. The summed E-state index contributed by atoms with van der Waals surface area (Å²) in [6.45, 7) is 3.82. The molecular weight excluding hydrogens is 252 g/mol. The molecule has 80 valence electrons. The lowest BCUT2D eigenvalue weighted by Gasteiger charge is -2.03. The van der Waals surface area contributed by atoms with E-state index in [0.717, 1.165) is 25.7 Å². The quantitative estimate of drug-likeness (QED) is 0.527. The first-order valence-corrected chi connectivity index (χ1v) is 7.56. The minimum Gasteiger partial charge on any atom is -0.229 e. The maximum absolute atomic E-state index is 11.1. The molecule has 2 nitrogen and oxygen atoms in total. The van der Waals surface area contributed by atoms with Crippen molar-refractivity contribution in [2.24, 2.45) is 0 Å². The molecule has 0 amide bonds. The average molecular weight is 271 g/mol. The second kappa shape index (κ2) is 6.82. The summed E-state index contributed by atoms with van der Waals surface area (Å²) in [5, 5.41) is 0. The largest absolute Gasteiger partial charge is 0.229 e. The van der Waals surface area contributed by atoms with E-state index in [1.54, 1.807) is 6.92 Å². The predicted molar refractivity (Wildman–Crippen MR) is 61.2 cm³/mol. The van der Waals surface area contributed by atoms with Gasteiger partial charge in [-0.05, 0) is 12.8 Å². The number of halogens is 1. The van der Waals surface area contributed by atoms with Gasteiger partial charge >= 0.3 is 0 Å². The Balaban J connectivity index is 3.37. The third-order valence-corrected chi connectivity index (χ3v) is 4.25. The van der Waals surface area contributed by atoms with Crippen LogP contribution in [0.4, 0.5) is 0 Å². The third kappa shape index (κ3) is 8.75. The Morgan fingerprint density at radius 2 is 1.85 bits per heavy atom. The van der Waals surface area contributed by atoms with Gasteiger partial charge in [-0.1, -0.05) is 42.6 Å². The van der Waals surface area contributed by atoms with Crippen LogP contribution in [0.5, 0.6) is 0 Å². The number of alkyl halides is 1. The molecule has 0 aromatic carbocycles. The highest BCUT2D eigenvalue weighted by Gasteiger charge is 2.06. The van der Waals surface area contributed by atoms with Gasteiger partial charge < -0.3 is 0 Å². The van der Waals surface area contributed by atoms with Gasteiger partial charge in [-0.2, -0.15) is 0 Å². The Morgan fingerprint density at radius 3 is 2.31 bits per heavy atom. The molecule has 1 unspecified atom stereocenters. The first-order valence-electron chi connectivity index (χ1n) is 4.82. The zero-order valence-corrected chi connectivity index (χ0v) is 10.8. The molecule has 0 aromatic rings. The molecule has 1 atom stereocenters. The van der Waals surface area contributed by atoms with Crippen LogP contribution >= 0.6 is 15.9 Å². The summed E-state index contributed by atoms with van der Waals surface area (Å²) in [6.07, 6.45) is 4.09. The van der Waals surface area contributed by atoms with Crippen LogP contribution in [0.15, 0.2) is 0 Å². The second-order valence-corrected chi connectivity index (χ2v) is 7.40. The topological polar surface area (TPSA) is 34.1 Å². The number of unbranched alkanes of at least 4 members (excludes halogenated alkanes) is 2. The Hall–Kier alpha value is 0.430. The lowest BCUT2D eigenvalue weighted by atomic mass is 10.2. The maximum atomic E-state index is 11.1. The van der Waals surface area contributed by atoms with Crippen LogP contribution in [-0.4, -0.2) is 24.8 Å². The van der Waals surface area contributed by atoms with Gasteiger partial charge in [0.15, 0.2) is 0 Å². The van der Waals surface area contributed by atoms with Gasteiger partial charge in [0.05, 0.1) is 5.75 Å². The van der Waals surface area contributed by atoms with Crippen LogP contribution < -0.4 is 0 Å². The van der Waals surface area contributed by atoms with Crippen molar-refractivity contribution in [1.82, 2.24) is 0 Å². The molecule has 0 aliphatic rings. The summed E-state index contributed by atoms with van der Waals surface area (Å²) in [7, 11) is -2.73. The first-order chi connectivity index (χ1) is 5.98. The number of sulfone groups is 1. The molecule has 0 saturated carbocycles. The minimum atomic E-state index is -2.73. The lowest BCUT2D eigenvalue weighted by molar-refractivity contribution is 0.589. The summed E-state index contributed by atoms with van der Waals surface area (Å²) in [5.41, 5.74) is 0. The number of hydrogen-bond donors (Lipinski definition) is 0. The third-order valence-electron chi connectivity index (χ3n) is 2.00. The lowest BCUT2D eigenvalue weighted by Crippen LogP contribution is -2.08. The van der Waals surface area contributed by atoms with Gasteiger partial charge in [0.1, 0.15) is 9.84 Å². The van der Waals surface area contributed by atoms with Crippen molar-refractivity contribution in [3.63, 3.8) is 0 Å². The van der Waals surface area contributed by atoms with Crippen molar-refractivity contribution < 1.29 is 8.42 Å². The monoisotopic (exact) mass is 270 g/mol. The molecule has 0 heterocycles. The average Bonchev–Trinajstić information content (AvgIpc) is 2.03. The standard InChI is InChI=1S/C9H19BrO2S/c1-3-13(11,12)8-6-4-5-7-9(2)10/h9H,3-8H2,1-2H3. The normalized spacial score (nSPS) is 14.4. The molecule has 0 aliphatic heterocycles. The van der Waals surface area contributed by atoms with E-state index in [2.05, 4.69) is 22.9 Å². The van der Waals surface area contributed by atoms with Crippen molar-refractivity contribution in [2.45, 2.75) is 44.4 Å². The molecule has 4 heteroatoms. The van der Waals surface area contributed by atoms with E-state index in [9.17, 15) is 8.42 Å². The Kier molecular flexibility index (Phi) is 7.05. The van der Waals surface area contributed by atoms with E-state index < -0.39 is 9.84 Å². The molecular formula is C9H19BrO2S. The summed E-state index contributed by atoms with van der Waals surface area (Å²) in [5.74, 6) is 0.641. The van der Waals surface area contributed by atoms with Crippen molar-refractivity contribution in [2.75, 3.05) is 11.5 Å². The maximum Gasteiger partial charge on any atom is 0.150 e. The van der Waals surface area contributed by atoms with Crippen LogP contribution in [0, 0.1) is 0 Å². The smallest absolute Gasteiger partial charge is 0.150 e. The van der Waals surface area contributed by atoms with Crippen molar-refractivity contribution in [3.8, 4) is 0 Å². The fourth-order valence-corrected chi connectivity index (χ4v) is 2.33. The zero-order chi connectivity index (χ0) is 10.3. The Labute approximate surface area is 90.2 Å². The van der Waals surface area contributed by atoms with E-state index >= 15 is 0 Å². The molecule has 0 radical (unpaired) electrons. The van der Waals surface area contributed by atoms with E-state index in [1.165, 1.54) is 0 Å². The van der Waals surface area contributed by atoms with E-state index in [1.807, 2.05) is 0 Å². The molecule has 0 N–H and O–H groups in total. The minimum absolute atomic E-state index is 0.280. The molecule has 0 rings (SSSR count). The van der Waals surface area contributed by atoms with Crippen molar-refractivity contribution in [1.29, 1.82) is 0 Å². The van der Waals surface area contributed by atoms with Crippen molar-refractivity contribution in [3.05, 3.63) is 0 Å². The van der Waals surface area contributed by atoms with Gasteiger partial charge in [-0.25, -0.2) is 8.42 Å². The summed E-state index contributed by atoms with van der Waals surface area (Å²) in [4.78, 5) is 0.551. The predicted octanol–water partition coefficient (Wildman–Crippen LogP) is 2.76. The summed E-state index contributed by atoms with van der Waals surface area (Å²) < 4.78 is 22.2. The molecule has 0 fully saturated rings. The zero-order valence-electron chi connectivity index (χ0n) is 8.42. The fourth-order valence-electron chi connectivity index (χ4n) is 1.07. The SMILES string of the molecule is CCS(=O)(=O)CCCCCC(C)Br. The highest BCUT2D eigenvalue weighted by atomic mass is 79.9. The molecule has 0 saturated heterocycles. The van der Waals surface area contributed by atoms with Gasteiger partial charge in [0.2, 0.25) is 0 Å². The van der Waals surface area contributed by atoms with Crippen LogP contribution in [0.25, 0.3) is 0 Å². The van der Waals surface area contributed by atoms with Gasteiger partial charge in [-0.15, -0.1) is 0 Å². The number of hydrogen-bond acceptors (Lipinski definition) is 2. The van der Waals surface area contributed by atoms with E-state index in [-0.39, 0.29) is 5.75 Å². The highest BCUT2D eigenvalue weighted by molar-refractivity contribution is 9.09. The summed E-state index contributed by atoms with van der Waals surface area (Å²) in [6, 6.07) is 0. The second-order valence-electron chi connectivity index (χ2n) is 3.37. The molecule has 0 aliphatic carbocycles. The molecule has 0 bridgehead atoms. The fraction of sp³-hybridized carbons (Fsp3) is 1.00. The molecule has 0 spiro atoms. The van der Waals surface area contributed by atoms with Crippen LogP contribution in [-0.2, 0) is 9.84 Å². The van der Waals surface area contributed by atoms with Crippen LogP contribution in [0.3, 0.4) is 0 Å². The Morgan fingerprint density at radius 1 is 1.23 bits per heavy atom. The van der Waals surface area contributed by atoms with Gasteiger partial charge in [0.25, 0.3) is 0 Å². The first kappa shape index (κ1) is 13.4. The summed E-state index contributed by atoms with van der Waals surface area (Å²) >= 11 is 3.46. The van der Waals surface area contributed by atoms with Crippen LogP contribution in [0.1, 0.15) is 39.5 Å². The van der Waals surface area contributed by atoms with Crippen molar-refractivity contribution >= 4 is 25.8 Å². The number of rotatable bonds is 7. The van der Waals surface area contributed by atoms with Gasteiger partial charge in [-0.3, -0.25) is 0 Å². The molecule has 0 aromatic heterocycles. The van der Waals surface area contributed by atoms with Gasteiger partial charge in [0, 0.05) is 10.6 Å². The van der Waals surface area contributed by atoms with E-state index in [4.69, 9.17) is 0 Å². The molecule has 13 heavy (non-hydrogen) atoms. The van der Waals surface area contributed by atoms with E-state index in [0.29, 0.717) is 10.6 Å². The highest BCUT2D eigenvalue weighted by Crippen LogP contribution is 2.10. The van der Waals surface area contributed by atoms with Crippen LogP contribution in [0.2, 0.25) is 0 Å².